The first-order chi connectivity index (χ1) is 8.83. The zero-order chi connectivity index (χ0) is 14.5. The normalized spacial score (nSPS) is 12.1. The smallest absolute Gasteiger partial charge is 0.240 e. The van der Waals surface area contributed by atoms with Crippen molar-refractivity contribution in [2.24, 2.45) is 0 Å². The van der Waals surface area contributed by atoms with Crippen LogP contribution in [0.3, 0.4) is 0 Å². The van der Waals surface area contributed by atoms with Crippen LogP contribution in [-0.2, 0) is 10.0 Å². The first-order valence-corrected chi connectivity index (χ1v) is 7.49. The third-order valence-corrected chi connectivity index (χ3v) is 3.86. The molecule has 0 heterocycles. The van der Waals surface area contributed by atoms with Crippen molar-refractivity contribution in [3.63, 3.8) is 0 Å². The predicted octanol–water partition coefficient (Wildman–Crippen LogP) is 1.63. The molecule has 19 heavy (non-hydrogen) atoms. The minimum Gasteiger partial charge on any atom is -0.314 e. The maximum absolute atomic E-state index is 13.0. The molecule has 0 atom stereocenters. The van der Waals surface area contributed by atoms with Crippen LogP contribution in [0.15, 0.2) is 23.1 Å². The third-order valence-electron chi connectivity index (χ3n) is 2.40. The average Bonchev–Trinajstić information content (AvgIpc) is 2.31. The largest absolute Gasteiger partial charge is 0.314 e. The van der Waals surface area contributed by atoms with E-state index in [1.54, 1.807) is 0 Å². The van der Waals surface area contributed by atoms with Gasteiger partial charge in [0.2, 0.25) is 10.0 Å². The van der Waals surface area contributed by atoms with E-state index in [0.717, 1.165) is 12.1 Å². The summed E-state index contributed by atoms with van der Waals surface area (Å²) < 4.78 is 51.6. The van der Waals surface area contributed by atoms with Crippen molar-refractivity contribution in [1.82, 2.24) is 10.0 Å². The lowest BCUT2D eigenvalue weighted by Gasteiger charge is -2.09. The van der Waals surface area contributed by atoms with Crippen LogP contribution in [-0.4, -0.2) is 27.5 Å². The molecule has 0 aromatic heterocycles. The van der Waals surface area contributed by atoms with E-state index in [1.165, 1.54) is 0 Å². The molecule has 108 valence electrons. The highest BCUT2D eigenvalue weighted by Crippen LogP contribution is 2.13. The maximum Gasteiger partial charge on any atom is 0.240 e. The highest BCUT2D eigenvalue weighted by atomic mass is 32.2. The molecular formula is C12H18F2N2O2S. The summed E-state index contributed by atoms with van der Waals surface area (Å²) in [6.45, 7) is 4.90. The Labute approximate surface area is 112 Å². The van der Waals surface area contributed by atoms with Crippen molar-refractivity contribution in [1.29, 1.82) is 0 Å². The van der Waals surface area contributed by atoms with Gasteiger partial charge in [0.15, 0.2) is 11.6 Å². The van der Waals surface area contributed by atoms with Crippen LogP contribution in [0, 0.1) is 11.6 Å². The van der Waals surface area contributed by atoms with Gasteiger partial charge < -0.3 is 5.32 Å². The number of nitrogens with one attached hydrogen (secondary N) is 2. The van der Waals surface area contributed by atoms with Crippen molar-refractivity contribution in [3.8, 4) is 0 Å². The van der Waals surface area contributed by atoms with Crippen molar-refractivity contribution < 1.29 is 17.2 Å². The molecule has 0 aliphatic carbocycles. The van der Waals surface area contributed by atoms with Gasteiger partial charge in [0.1, 0.15) is 0 Å². The lowest BCUT2D eigenvalue weighted by molar-refractivity contribution is 0.504. The molecule has 0 bridgehead atoms. The molecular weight excluding hydrogens is 274 g/mol. The van der Waals surface area contributed by atoms with E-state index in [-0.39, 0.29) is 11.4 Å². The lowest BCUT2D eigenvalue weighted by atomic mass is 10.3. The van der Waals surface area contributed by atoms with Crippen LogP contribution in [0.5, 0.6) is 0 Å². The van der Waals surface area contributed by atoms with Crippen molar-refractivity contribution in [2.75, 3.05) is 13.1 Å². The molecule has 0 aliphatic heterocycles. The van der Waals surface area contributed by atoms with Crippen LogP contribution in [0.1, 0.15) is 20.3 Å². The van der Waals surface area contributed by atoms with E-state index < -0.39 is 21.7 Å². The van der Waals surface area contributed by atoms with Crippen LogP contribution < -0.4 is 10.0 Å². The van der Waals surface area contributed by atoms with Gasteiger partial charge in [-0.25, -0.2) is 21.9 Å². The Morgan fingerprint density at radius 1 is 1.16 bits per heavy atom. The minimum absolute atomic E-state index is 0.237. The van der Waals surface area contributed by atoms with Gasteiger partial charge in [-0.1, -0.05) is 13.8 Å². The number of rotatable bonds is 7. The molecule has 1 rings (SSSR count). The van der Waals surface area contributed by atoms with E-state index in [2.05, 4.69) is 10.0 Å². The molecule has 0 saturated heterocycles. The third kappa shape index (κ3) is 5.22. The summed E-state index contributed by atoms with van der Waals surface area (Å²) in [6, 6.07) is 2.84. The molecule has 0 fully saturated rings. The fourth-order valence-corrected chi connectivity index (χ4v) is 2.50. The zero-order valence-electron chi connectivity index (χ0n) is 10.9. The van der Waals surface area contributed by atoms with Crippen LogP contribution in [0.25, 0.3) is 0 Å². The summed E-state index contributed by atoms with van der Waals surface area (Å²) in [6.07, 6.45) is 0.612. The van der Waals surface area contributed by atoms with E-state index >= 15 is 0 Å². The summed E-state index contributed by atoms with van der Waals surface area (Å²) in [5.74, 6) is -2.25. The zero-order valence-corrected chi connectivity index (χ0v) is 11.7. The summed E-state index contributed by atoms with van der Waals surface area (Å²) in [4.78, 5) is -0.275. The van der Waals surface area contributed by atoms with Crippen molar-refractivity contribution in [2.45, 2.75) is 31.2 Å². The molecule has 0 aliphatic rings. The highest BCUT2D eigenvalue weighted by molar-refractivity contribution is 7.89. The molecule has 0 radical (unpaired) electrons. The standard InChI is InChI=1S/C12H18F2N2O2S/c1-9(2)15-6-3-7-16-19(17,18)10-4-5-11(13)12(14)8-10/h4-5,8-9,15-16H,3,6-7H2,1-2H3. The van der Waals surface area contributed by atoms with Gasteiger partial charge >= 0.3 is 0 Å². The van der Waals surface area contributed by atoms with Gasteiger partial charge in [0.05, 0.1) is 4.90 Å². The van der Waals surface area contributed by atoms with E-state index in [4.69, 9.17) is 0 Å². The van der Waals surface area contributed by atoms with Gasteiger partial charge in [-0.15, -0.1) is 0 Å². The van der Waals surface area contributed by atoms with Gasteiger partial charge in [-0.3, -0.25) is 0 Å². The summed E-state index contributed by atoms with van der Waals surface area (Å²) in [7, 11) is -3.78. The number of hydrogen-bond acceptors (Lipinski definition) is 3. The lowest BCUT2D eigenvalue weighted by Crippen LogP contribution is -2.29. The Balaban J connectivity index is 2.54. The topological polar surface area (TPSA) is 58.2 Å². The Kier molecular flexibility index (Phi) is 5.84. The summed E-state index contributed by atoms with van der Waals surface area (Å²) >= 11 is 0. The summed E-state index contributed by atoms with van der Waals surface area (Å²) in [5, 5.41) is 3.14. The SMILES string of the molecule is CC(C)NCCCNS(=O)(=O)c1ccc(F)c(F)c1. The van der Waals surface area contributed by atoms with Crippen LogP contribution >= 0.6 is 0 Å². The molecule has 0 saturated carbocycles. The number of hydrogen-bond donors (Lipinski definition) is 2. The number of halogens is 2. The Morgan fingerprint density at radius 2 is 1.84 bits per heavy atom. The number of sulfonamides is 1. The van der Waals surface area contributed by atoms with Gasteiger partial charge in [0.25, 0.3) is 0 Å². The molecule has 0 amide bonds. The average molecular weight is 292 g/mol. The van der Waals surface area contributed by atoms with E-state index in [9.17, 15) is 17.2 Å². The maximum atomic E-state index is 13.0. The molecule has 1 aromatic carbocycles. The first-order valence-electron chi connectivity index (χ1n) is 6.01. The predicted molar refractivity (Wildman–Crippen MR) is 69.3 cm³/mol. The van der Waals surface area contributed by atoms with E-state index in [1.807, 2.05) is 13.8 Å². The van der Waals surface area contributed by atoms with Crippen molar-refractivity contribution >= 4 is 10.0 Å². The fourth-order valence-electron chi connectivity index (χ4n) is 1.41. The second-order valence-corrected chi connectivity index (χ2v) is 6.20. The fraction of sp³-hybridized carbons (Fsp3) is 0.500. The second kappa shape index (κ2) is 6.93. The Morgan fingerprint density at radius 3 is 2.42 bits per heavy atom. The second-order valence-electron chi connectivity index (χ2n) is 4.44. The molecule has 7 heteroatoms. The Hall–Kier alpha value is -1.05. The van der Waals surface area contributed by atoms with Crippen LogP contribution in [0.2, 0.25) is 0 Å². The molecule has 0 unspecified atom stereocenters. The molecule has 0 spiro atoms. The first kappa shape index (κ1) is 16.0. The molecule has 2 N–H and O–H groups in total. The molecule has 4 nitrogen and oxygen atoms in total. The summed E-state index contributed by atoms with van der Waals surface area (Å²) in [5.41, 5.74) is 0. The quantitative estimate of drug-likeness (QED) is 0.751. The monoisotopic (exact) mass is 292 g/mol. The molecule has 1 aromatic rings. The van der Waals surface area contributed by atoms with Gasteiger partial charge in [-0.05, 0) is 31.2 Å². The highest BCUT2D eigenvalue weighted by Gasteiger charge is 2.15. The Bertz CT molecular complexity index is 518. The van der Waals surface area contributed by atoms with Gasteiger partial charge in [-0.2, -0.15) is 0 Å². The van der Waals surface area contributed by atoms with Crippen LogP contribution in [0.4, 0.5) is 8.78 Å². The van der Waals surface area contributed by atoms with E-state index in [0.29, 0.717) is 25.1 Å². The minimum atomic E-state index is -3.78. The van der Waals surface area contributed by atoms with Gasteiger partial charge in [0, 0.05) is 12.6 Å². The number of benzene rings is 1. The van der Waals surface area contributed by atoms with Crippen molar-refractivity contribution in [3.05, 3.63) is 29.8 Å².